The Hall–Kier alpha value is -2.58. The molecule has 1 fully saturated rings. The Morgan fingerprint density at radius 2 is 1.64 bits per heavy atom. The topological polar surface area (TPSA) is 69.7 Å². The maximum absolute atomic E-state index is 13.6. The summed E-state index contributed by atoms with van der Waals surface area (Å²) in [4.78, 5) is 17.5. The number of carbonyl (C=O) groups excluding carboxylic acids is 1. The van der Waals surface area contributed by atoms with Gasteiger partial charge in [0.25, 0.3) is 0 Å². The third kappa shape index (κ3) is 6.03. The summed E-state index contributed by atoms with van der Waals surface area (Å²) in [6.07, 6.45) is 0.217. The summed E-state index contributed by atoms with van der Waals surface area (Å²) in [7, 11) is -4.10. The van der Waals surface area contributed by atoms with Gasteiger partial charge < -0.3 is 9.80 Å². The average molecular weight is 547 g/mol. The molecule has 190 valence electrons. The van der Waals surface area contributed by atoms with Gasteiger partial charge in [-0.3, -0.25) is 4.79 Å². The third-order valence-corrected chi connectivity index (χ3v) is 8.76. The molecule has 3 aromatic rings. The zero-order valence-corrected chi connectivity index (χ0v) is 22.6. The first-order chi connectivity index (χ1) is 17.2. The molecule has 4 rings (SSSR count). The van der Waals surface area contributed by atoms with Crippen molar-refractivity contribution in [2.24, 2.45) is 0 Å². The zero-order chi connectivity index (χ0) is 25.9. The molecule has 3 aromatic carbocycles. The van der Waals surface area contributed by atoms with E-state index in [-0.39, 0.29) is 27.3 Å². The lowest BCUT2D eigenvalue weighted by Crippen LogP contribution is -2.55. The molecule has 1 unspecified atom stereocenters. The Kier molecular flexibility index (Phi) is 8.25. The number of nitrogens with one attached hydrogen (secondary N) is 1. The normalized spacial score (nSPS) is 15.1. The lowest BCUT2D eigenvalue weighted by molar-refractivity contribution is -0.133. The van der Waals surface area contributed by atoms with Crippen LogP contribution in [-0.2, 0) is 21.2 Å². The van der Waals surface area contributed by atoms with Gasteiger partial charge in [0.2, 0.25) is 15.9 Å². The highest BCUT2D eigenvalue weighted by atomic mass is 35.5. The molecule has 0 aromatic heterocycles. The zero-order valence-electron chi connectivity index (χ0n) is 20.2. The van der Waals surface area contributed by atoms with Crippen molar-refractivity contribution >= 4 is 44.8 Å². The lowest BCUT2D eigenvalue weighted by atomic mass is 10.0. The van der Waals surface area contributed by atoms with Gasteiger partial charge in [0.15, 0.2) is 0 Å². The number of hydrogen-bond acceptors (Lipinski definition) is 4. The van der Waals surface area contributed by atoms with Crippen molar-refractivity contribution in [2.75, 3.05) is 31.1 Å². The minimum atomic E-state index is -4.10. The van der Waals surface area contributed by atoms with Crippen LogP contribution in [0.1, 0.15) is 16.7 Å². The molecule has 1 N–H and O–H groups in total. The maximum atomic E-state index is 13.6. The van der Waals surface area contributed by atoms with Crippen molar-refractivity contribution in [3.8, 4) is 0 Å². The number of anilines is 1. The summed E-state index contributed by atoms with van der Waals surface area (Å²) < 4.78 is 29.1. The molecule has 9 heteroatoms. The highest BCUT2D eigenvalue weighted by Crippen LogP contribution is 2.26. The summed E-state index contributed by atoms with van der Waals surface area (Å²) in [5.74, 6) is -0.263. The number of rotatable bonds is 7. The van der Waals surface area contributed by atoms with Crippen molar-refractivity contribution in [2.45, 2.75) is 31.2 Å². The molecular weight excluding hydrogens is 517 g/mol. The second-order valence-corrected chi connectivity index (χ2v) is 11.5. The molecule has 6 nitrogen and oxygen atoms in total. The number of benzene rings is 3. The maximum Gasteiger partial charge on any atom is 0.242 e. The lowest BCUT2D eigenvalue weighted by Gasteiger charge is -2.38. The van der Waals surface area contributed by atoms with E-state index >= 15 is 0 Å². The fourth-order valence-corrected chi connectivity index (χ4v) is 6.38. The second-order valence-electron chi connectivity index (χ2n) is 8.97. The minimum absolute atomic E-state index is 0.0416. The van der Waals surface area contributed by atoms with Crippen molar-refractivity contribution in [3.63, 3.8) is 0 Å². The number of carbonyl (C=O) groups is 1. The van der Waals surface area contributed by atoms with Crippen LogP contribution >= 0.6 is 23.2 Å². The van der Waals surface area contributed by atoms with Crippen LogP contribution < -0.4 is 9.62 Å². The van der Waals surface area contributed by atoms with Gasteiger partial charge in [0, 0.05) is 36.9 Å². The first-order valence-corrected chi connectivity index (χ1v) is 14.0. The first-order valence-electron chi connectivity index (χ1n) is 11.8. The molecule has 0 aliphatic carbocycles. The largest absolute Gasteiger partial charge is 0.368 e. The van der Waals surface area contributed by atoms with Gasteiger partial charge in [-0.15, -0.1) is 0 Å². The van der Waals surface area contributed by atoms with Gasteiger partial charge in [-0.1, -0.05) is 65.7 Å². The molecule has 1 saturated heterocycles. The SMILES string of the molecule is Cc1cccc(N2CCN(C(=O)C(Cc3ccccc3)NS(=O)(=O)c3cc(Cl)ccc3Cl)CC2)c1C. The van der Waals surface area contributed by atoms with Crippen LogP contribution in [0.4, 0.5) is 5.69 Å². The van der Waals surface area contributed by atoms with Gasteiger partial charge in [-0.2, -0.15) is 4.72 Å². The Morgan fingerprint density at radius 1 is 0.944 bits per heavy atom. The molecule has 1 heterocycles. The number of halogens is 2. The standard InChI is InChI=1S/C27H29Cl2N3O3S/c1-19-7-6-10-25(20(19)2)31-13-15-32(16-14-31)27(33)24(17-21-8-4-3-5-9-21)30-36(34,35)26-18-22(28)11-12-23(26)29/h3-12,18,24,30H,13-17H2,1-2H3. The molecular formula is C27H29Cl2N3O3S. The summed E-state index contributed by atoms with van der Waals surface area (Å²) in [5, 5.41) is 0.285. The van der Waals surface area contributed by atoms with Gasteiger partial charge in [-0.05, 0) is 61.2 Å². The number of amides is 1. The van der Waals surface area contributed by atoms with E-state index in [4.69, 9.17) is 23.2 Å². The van der Waals surface area contributed by atoms with Gasteiger partial charge in [-0.25, -0.2) is 8.42 Å². The van der Waals surface area contributed by atoms with E-state index in [2.05, 4.69) is 35.6 Å². The fraction of sp³-hybridized carbons (Fsp3) is 0.296. The van der Waals surface area contributed by atoms with Crippen molar-refractivity contribution < 1.29 is 13.2 Å². The first kappa shape index (κ1) is 26.5. The van der Waals surface area contributed by atoms with Crippen LogP contribution in [0.3, 0.4) is 0 Å². The fourth-order valence-electron chi connectivity index (χ4n) is 4.43. The number of hydrogen-bond donors (Lipinski definition) is 1. The monoisotopic (exact) mass is 545 g/mol. The molecule has 0 bridgehead atoms. The Morgan fingerprint density at radius 3 is 2.33 bits per heavy atom. The van der Waals surface area contributed by atoms with Crippen molar-refractivity contribution in [1.29, 1.82) is 0 Å². The van der Waals surface area contributed by atoms with Crippen LogP contribution in [0.25, 0.3) is 0 Å². The second kappa shape index (κ2) is 11.2. The quantitative estimate of drug-likeness (QED) is 0.460. The number of nitrogens with zero attached hydrogens (tertiary/aromatic N) is 2. The van der Waals surface area contributed by atoms with E-state index < -0.39 is 16.1 Å². The Balaban J connectivity index is 1.54. The van der Waals surface area contributed by atoms with Crippen LogP contribution in [0, 0.1) is 13.8 Å². The molecule has 1 aliphatic rings. The molecule has 1 aliphatic heterocycles. The van der Waals surface area contributed by atoms with Crippen molar-refractivity contribution in [1.82, 2.24) is 9.62 Å². The Labute approximate surface area is 222 Å². The van der Waals surface area contributed by atoms with Gasteiger partial charge in [0.1, 0.15) is 10.9 Å². The van der Waals surface area contributed by atoms with Crippen LogP contribution in [-0.4, -0.2) is 51.4 Å². The van der Waals surface area contributed by atoms with Crippen molar-refractivity contribution in [3.05, 3.63) is 93.5 Å². The van der Waals surface area contributed by atoms with Gasteiger partial charge in [0.05, 0.1) is 5.02 Å². The molecule has 0 saturated carbocycles. The van der Waals surface area contributed by atoms with E-state index in [0.29, 0.717) is 26.2 Å². The number of piperazine rings is 1. The molecule has 1 atom stereocenters. The summed E-state index contributed by atoms with van der Waals surface area (Å²) in [6.45, 7) is 6.52. The summed E-state index contributed by atoms with van der Waals surface area (Å²) in [5.41, 5.74) is 4.47. The van der Waals surface area contributed by atoms with E-state index in [0.717, 1.165) is 5.56 Å². The van der Waals surface area contributed by atoms with E-state index in [1.807, 2.05) is 36.4 Å². The van der Waals surface area contributed by atoms with Crippen LogP contribution in [0.2, 0.25) is 10.0 Å². The van der Waals surface area contributed by atoms with Crippen LogP contribution in [0.5, 0.6) is 0 Å². The van der Waals surface area contributed by atoms with Gasteiger partial charge >= 0.3 is 0 Å². The molecule has 1 amide bonds. The Bertz CT molecular complexity index is 1340. The summed E-state index contributed by atoms with van der Waals surface area (Å²) in [6, 6.07) is 18.8. The molecule has 0 radical (unpaired) electrons. The van der Waals surface area contributed by atoms with Crippen LogP contribution in [0.15, 0.2) is 71.6 Å². The number of aryl methyl sites for hydroxylation is 1. The van der Waals surface area contributed by atoms with E-state index in [1.54, 1.807) is 4.90 Å². The van der Waals surface area contributed by atoms with E-state index in [1.165, 1.54) is 35.0 Å². The highest BCUT2D eigenvalue weighted by molar-refractivity contribution is 7.89. The average Bonchev–Trinajstić information content (AvgIpc) is 2.87. The van der Waals surface area contributed by atoms with E-state index in [9.17, 15) is 13.2 Å². The molecule has 0 spiro atoms. The third-order valence-electron chi connectivity index (χ3n) is 6.57. The smallest absolute Gasteiger partial charge is 0.242 e. The predicted molar refractivity (Wildman–Crippen MR) is 145 cm³/mol. The molecule has 36 heavy (non-hydrogen) atoms. The predicted octanol–water partition coefficient (Wildman–Crippen LogP) is 4.85. The number of sulfonamides is 1. The summed E-state index contributed by atoms with van der Waals surface area (Å²) >= 11 is 12.2. The highest BCUT2D eigenvalue weighted by Gasteiger charge is 2.32. The minimum Gasteiger partial charge on any atom is -0.368 e.